The number of halogens is 1. The van der Waals surface area contributed by atoms with Gasteiger partial charge in [-0.15, -0.1) is 11.6 Å². The molecule has 1 N–H and O–H groups in total. The molecule has 1 aromatic heterocycles. The van der Waals surface area contributed by atoms with Crippen LogP contribution in [-0.2, 0) is 5.88 Å². The Hall–Kier alpha value is -0.500. The third kappa shape index (κ3) is 0.933. The Morgan fingerprint density at radius 2 is 2.86 bits per heavy atom. The highest BCUT2D eigenvalue weighted by Crippen LogP contribution is 1.92. The van der Waals surface area contributed by atoms with Crippen LogP contribution in [0.5, 0.6) is 0 Å². The molecular formula is C4H4ClN2. The Kier molecular flexibility index (Phi) is 1.32. The number of hydrogen-bond donors (Lipinski definition) is 1. The maximum atomic E-state index is 5.35. The Bertz CT molecular complexity index is 124. The minimum Gasteiger partial charge on any atom is -0.343 e. The molecule has 0 atom stereocenters. The SMILES string of the molecule is ClCc1[c][nH]cn1. The van der Waals surface area contributed by atoms with Gasteiger partial charge in [-0.25, -0.2) is 4.98 Å². The molecule has 0 spiro atoms. The number of imidazole rings is 1. The molecule has 3 heteroatoms. The molecule has 0 aliphatic heterocycles. The van der Waals surface area contributed by atoms with E-state index < -0.39 is 0 Å². The molecule has 37 valence electrons. The number of hydrogen-bond acceptors (Lipinski definition) is 1. The summed E-state index contributed by atoms with van der Waals surface area (Å²) in [4.78, 5) is 6.45. The third-order valence-electron chi connectivity index (χ3n) is 0.628. The van der Waals surface area contributed by atoms with Crippen LogP contribution in [0.3, 0.4) is 0 Å². The molecule has 2 nitrogen and oxygen atoms in total. The highest BCUT2D eigenvalue weighted by Gasteiger charge is 1.86. The lowest BCUT2D eigenvalue weighted by Crippen LogP contribution is -1.71. The summed E-state index contributed by atoms with van der Waals surface area (Å²) in [6.07, 6.45) is 4.27. The van der Waals surface area contributed by atoms with E-state index in [1.54, 1.807) is 6.33 Å². The third-order valence-corrected chi connectivity index (χ3v) is 0.881. The summed E-state index contributed by atoms with van der Waals surface area (Å²) in [6, 6.07) is 0. The van der Waals surface area contributed by atoms with Gasteiger partial charge >= 0.3 is 0 Å². The van der Waals surface area contributed by atoms with Gasteiger partial charge in [0.15, 0.2) is 0 Å². The standard InChI is InChI=1S/C4H4ClN2/c5-1-4-2-6-3-7-4/h3H,1H2,(H,6,7). The first kappa shape index (κ1) is 4.65. The van der Waals surface area contributed by atoms with Crippen LogP contribution in [0.2, 0.25) is 0 Å². The minimum absolute atomic E-state index is 0.434. The highest BCUT2D eigenvalue weighted by molar-refractivity contribution is 6.16. The summed E-state index contributed by atoms with van der Waals surface area (Å²) >= 11 is 5.35. The summed E-state index contributed by atoms with van der Waals surface area (Å²) in [5.41, 5.74) is 0.765. The lowest BCUT2D eigenvalue weighted by molar-refractivity contribution is 1.22. The second-order valence-corrected chi connectivity index (χ2v) is 1.38. The predicted octanol–water partition coefficient (Wildman–Crippen LogP) is 0.949. The predicted molar refractivity (Wildman–Crippen MR) is 27.0 cm³/mol. The van der Waals surface area contributed by atoms with E-state index in [0.717, 1.165) is 5.69 Å². The number of H-pyrrole nitrogens is 1. The van der Waals surface area contributed by atoms with Crippen molar-refractivity contribution >= 4 is 11.6 Å². The number of aromatic nitrogens is 2. The first-order valence-electron chi connectivity index (χ1n) is 1.89. The molecule has 0 bridgehead atoms. The molecule has 1 rings (SSSR count). The van der Waals surface area contributed by atoms with Gasteiger partial charge in [0.1, 0.15) is 0 Å². The number of nitrogens with zero attached hydrogens (tertiary/aromatic N) is 1. The van der Waals surface area contributed by atoms with Crippen molar-refractivity contribution in [3.05, 3.63) is 18.2 Å². The van der Waals surface area contributed by atoms with E-state index in [1.165, 1.54) is 0 Å². The van der Waals surface area contributed by atoms with Gasteiger partial charge in [0.2, 0.25) is 0 Å². The van der Waals surface area contributed by atoms with Crippen LogP contribution in [0.4, 0.5) is 0 Å². The first-order valence-corrected chi connectivity index (χ1v) is 2.43. The molecule has 1 radical (unpaired) electrons. The van der Waals surface area contributed by atoms with Gasteiger partial charge in [-0.05, 0) is 0 Å². The maximum absolute atomic E-state index is 5.35. The largest absolute Gasteiger partial charge is 0.343 e. The summed E-state index contributed by atoms with van der Waals surface area (Å²) < 4.78 is 0. The van der Waals surface area contributed by atoms with E-state index in [0.29, 0.717) is 5.88 Å². The van der Waals surface area contributed by atoms with Crippen LogP contribution in [0.15, 0.2) is 6.33 Å². The van der Waals surface area contributed by atoms with Gasteiger partial charge in [0.05, 0.1) is 24.1 Å². The molecule has 0 aromatic carbocycles. The van der Waals surface area contributed by atoms with Crippen LogP contribution in [0, 0.1) is 6.20 Å². The van der Waals surface area contributed by atoms with Crippen molar-refractivity contribution in [2.45, 2.75) is 5.88 Å². The first-order chi connectivity index (χ1) is 3.43. The topological polar surface area (TPSA) is 28.7 Å². The Morgan fingerprint density at radius 3 is 3.14 bits per heavy atom. The lowest BCUT2D eigenvalue weighted by atomic mass is 10.6. The van der Waals surface area contributed by atoms with Crippen molar-refractivity contribution in [3.63, 3.8) is 0 Å². The van der Waals surface area contributed by atoms with Crippen molar-refractivity contribution in [1.82, 2.24) is 9.97 Å². The van der Waals surface area contributed by atoms with E-state index in [1.807, 2.05) is 0 Å². The Morgan fingerprint density at radius 1 is 2.00 bits per heavy atom. The number of alkyl halides is 1. The van der Waals surface area contributed by atoms with Gasteiger partial charge < -0.3 is 4.98 Å². The molecule has 7 heavy (non-hydrogen) atoms. The average molecular weight is 116 g/mol. The van der Waals surface area contributed by atoms with Crippen LogP contribution in [0.1, 0.15) is 5.69 Å². The summed E-state index contributed by atoms with van der Waals surface area (Å²) in [7, 11) is 0. The zero-order chi connectivity index (χ0) is 5.11. The van der Waals surface area contributed by atoms with Crippen molar-refractivity contribution in [2.24, 2.45) is 0 Å². The fourth-order valence-electron chi connectivity index (χ4n) is 0.326. The lowest BCUT2D eigenvalue weighted by Gasteiger charge is -1.73. The second kappa shape index (κ2) is 1.98. The van der Waals surface area contributed by atoms with Crippen molar-refractivity contribution < 1.29 is 0 Å². The quantitative estimate of drug-likeness (QED) is 0.543. The summed E-state index contributed by atoms with van der Waals surface area (Å²) in [5, 5.41) is 0. The fourth-order valence-corrected chi connectivity index (χ4v) is 0.462. The van der Waals surface area contributed by atoms with Crippen LogP contribution in [0.25, 0.3) is 0 Å². The number of rotatable bonds is 1. The minimum atomic E-state index is 0.434. The number of aromatic amines is 1. The van der Waals surface area contributed by atoms with E-state index >= 15 is 0 Å². The zero-order valence-corrected chi connectivity index (χ0v) is 4.37. The van der Waals surface area contributed by atoms with Gasteiger partial charge in [0, 0.05) is 0 Å². The van der Waals surface area contributed by atoms with Crippen LogP contribution >= 0.6 is 11.6 Å². The maximum Gasteiger partial charge on any atom is 0.0928 e. The molecule has 0 amide bonds. The Balaban J connectivity index is 2.76. The molecular weight excluding hydrogens is 112 g/mol. The van der Waals surface area contributed by atoms with Crippen molar-refractivity contribution in [2.75, 3.05) is 0 Å². The molecule has 0 saturated carbocycles. The van der Waals surface area contributed by atoms with E-state index in [4.69, 9.17) is 11.6 Å². The average Bonchev–Trinajstić information content (AvgIpc) is 2.14. The molecule has 0 fully saturated rings. The van der Waals surface area contributed by atoms with Gasteiger partial charge in [-0.2, -0.15) is 0 Å². The smallest absolute Gasteiger partial charge is 0.0928 e. The monoisotopic (exact) mass is 115 g/mol. The van der Waals surface area contributed by atoms with Crippen LogP contribution < -0.4 is 0 Å². The fraction of sp³-hybridized carbons (Fsp3) is 0.250. The van der Waals surface area contributed by atoms with E-state index in [2.05, 4.69) is 16.2 Å². The summed E-state index contributed by atoms with van der Waals surface area (Å²) in [6.45, 7) is 0. The summed E-state index contributed by atoms with van der Waals surface area (Å²) in [5.74, 6) is 0.434. The van der Waals surface area contributed by atoms with E-state index in [9.17, 15) is 0 Å². The second-order valence-electron chi connectivity index (χ2n) is 1.11. The van der Waals surface area contributed by atoms with Gasteiger partial charge in [-0.1, -0.05) is 0 Å². The molecule has 0 unspecified atom stereocenters. The molecule has 0 saturated heterocycles. The van der Waals surface area contributed by atoms with Crippen molar-refractivity contribution in [1.29, 1.82) is 0 Å². The highest BCUT2D eigenvalue weighted by atomic mass is 35.5. The molecule has 0 aliphatic rings. The zero-order valence-electron chi connectivity index (χ0n) is 3.61. The van der Waals surface area contributed by atoms with E-state index in [-0.39, 0.29) is 0 Å². The van der Waals surface area contributed by atoms with Gasteiger partial charge in [0.25, 0.3) is 0 Å². The normalized spacial score (nSPS) is 9.29. The van der Waals surface area contributed by atoms with Crippen LogP contribution in [-0.4, -0.2) is 9.97 Å². The number of nitrogens with one attached hydrogen (secondary N) is 1. The van der Waals surface area contributed by atoms with Crippen molar-refractivity contribution in [3.8, 4) is 0 Å². The molecule has 1 aromatic rings. The molecule has 1 heterocycles. The Labute approximate surface area is 46.5 Å². The van der Waals surface area contributed by atoms with Gasteiger partial charge in [-0.3, -0.25) is 0 Å². The molecule has 0 aliphatic carbocycles.